The van der Waals surface area contributed by atoms with Gasteiger partial charge in [0, 0.05) is 0 Å². The van der Waals surface area contributed by atoms with Crippen LogP contribution in [0.25, 0.3) is 0 Å². The molecule has 0 bridgehead atoms. The van der Waals surface area contributed by atoms with E-state index in [9.17, 15) is 0 Å². The molecular formula is C26H45B. The summed E-state index contributed by atoms with van der Waals surface area (Å²) < 4.78 is 0. The SMILES string of the molecule is BCC1C(CC)C2C1C1C3C(CCC4C(C)CC4CCC(C)CC)CC3C21. The molecular weight excluding hydrogens is 323 g/mol. The van der Waals surface area contributed by atoms with E-state index in [-0.39, 0.29) is 0 Å². The number of rotatable bonds is 9. The molecule has 0 radical (unpaired) electrons. The van der Waals surface area contributed by atoms with E-state index in [0.29, 0.717) is 0 Å². The van der Waals surface area contributed by atoms with Crippen molar-refractivity contribution in [2.75, 3.05) is 0 Å². The Balaban J connectivity index is 1.10. The van der Waals surface area contributed by atoms with Crippen LogP contribution in [0.2, 0.25) is 6.32 Å². The summed E-state index contributed by atoms with van der Waals surface area (Å²) in [6, 6.07) is 0. The summed E-state index contributed by atoms with van der Waals surface area (Å²) in [5.41, 5.74) is 0. The van der Waals surface area contributed by atoms with Crippen molar-refractivity contribution in [3.05, 3.63) is 0 Å². The minimum Gasteiger partial charge on any atom is -0.0777 e. The normalized spacial score (nSPS) is 55.4. The predicted octanol–water partition coefficient (Wildman–Crippen LogP) is 6.32. The zero-order chi connectivity index (χ0) is 18.9. The van der Waals surface area contributed by atoms with E-state index >= 15 is 0 Å². The molecule has 0 amide bonds. The first-order valence-electron chi connectivity index (χ1n) is 13.1. The third-order valence-electron chi connectivity index (χ3n) is 11.4. The number of hydrogen-bond donors (Lipinski definition) is 0. The minimum atomic E-state index is 0.952. The van der Waals surface area contributed by atoms with Crippen molar-refractivity contribution in [2.45, 2.75) is 85.4 Å². The van der Waals surface area contributed by atoms with Crippen LogP contribution in [0, 0.1) is 76.9 Å². The van der Waals surface area contributed by atoms with Crippen LogP contribution in [-0.2, 0) is 0 Å². The maximum atomic E-state index is 2.55. The first-order chi connectivity index (χ1) is 13.1. The van der Waals surface area contributed by atoms with Crippen LogP contribution in [-0.4, -0.2) is 7.85 Å². The first-order valence-corrected chi connectivity index (χ1v) is 13.1. The average Bonchev–Trinajstić information content (AvgIpc) is 2.63. The summed E-state index contributed by atoms with van der Waals surface area (Å²) in [5.74, 6) is 14.8. The molecule has 5 rings (SSSR count). The van der Waals surface area contributed by atoms with E-state index in [1.54, 1.807) is 25.7 Å². The van der Waals surface area contributed by atoms with E-state index in [1.807, 2.05) is 0 Å². The third kappa shape index (κ3) is 2.61. The van der Waals surface area contributed by atoms with Gasteiger partial charge >= 0.3 is 0 Å². The second-order valence-corrected chi connectivity index (χ2v) is 12.0. The van der Waals surface area contributed by atoms with E-state index in [1.165, 1.54) is 67.5 Å². The Kier molecular flexibility index (Phi) is 5.00. The summed E-state index contributed by atoms with van der Waals surface area (Å²) in [6.07, 6.45) is 13.7. The highest BCUT2D eigenvalue weighted by molar-refractivity contribution is 6.08. The molecule has 0 heterocycles. The van der Waals surface area contributed by atoms with E-state index in [0.717, 1.165) is 41.4 Å². The molecule has 5 saturated carbocycles. The fourth-order valence-corrected chi connectivity index (χ4v) is 9.74. The van der Waals surface area contributed by atoms with Gasteiger partial charge in [-0.1, -0.05) is 53.3 Å². The highest BCUT2D eigenvalue weighted by Crippen LogP contribution is 2.82. The van der Waals surface area contributed by atoms with Crippen LogP contribution in [0.5, 0.6) is 0 Å². The largest absolute Gasteiger partial charge is 0.101 e. The van der Waals surface area contributed by atoms with Gasteiger partial charge in [0.2, 0.25) is 0 Å². The van der Waals surface area contributed by atoms with E-state index in [4.69, 9.17) is 0 Å². The fraction of sp³-hybridized carbons (Fsp3) is 1.00. The molecule has 0 aromatic carbocycles. The maximum absolute atomic E-state index is 2.55. The highest BCUT2D eigenvalue weighted by atomic mass is 14.8. The van der Waals surface area contributed by atoms with Gasteiger partial charge < -0.3 is 0 Å². The first kappa shape index (κ1) is 19.1. The van der Waals surface area contributed by atoms with Crippen LogP contribution >= 0.6 is 0 Å². The second kappa shape index (κ2) is 7.09. The topological polar surface area (TPSA) is 0 Å². The van der Waals surface area contributed by atoms with E-state index in [2.05, 4.69) is 35.5 Å². The average molecular weight is 368 g/mol. The lowest BCUT2D eigenvalue weighted by molar-refractivity contribution is -0.352. The predicted molar refractivity (Wildman–Crippen MR) is 118 cm³/mol. The number of hydrogen-bond acceptors (Lipinski definition) is 0. The van der Waals surface area contributed by atoms with Crippen LogP contribution in [0.4, 0.5) is 0 Å². The van der Waals surface area contributed by atoms with Gasteiger partial charge in [0.1, 0.15) is 7.85 Å². The van der Waals surface area contributed by atoms with Crippen LogP contribution in [0.3, 0.4) is 0 Å². The van der Waals surface area contributed by atoms with Crippen LogP contribution in [0.15, 0.2) is 0 Å². The van der Waals surface area contributed by atoms with Crippen LogP contribution in [0.1, 0.15) is 79.1 Å². The van der Waals surface area contributed by atoms with Gasteiger partial charge in [-0.05, 0) is 109 Å². The van der Waals surface area contributed by atoms with Crippen molar-refractivity contribution in [1.29, 1.82) is 0 Å². The zero-order valence-electron chi connectivity index (χ0n) is 18.9. The quantitative estimate of drug-likeness (QED) is 0.418. The lowest BCUT2D eigenvalue weighted by atomic mass is 9.21. The Labute approximate surface area is 170 Å². The van der Waals surface area contributed by atoms with E-state index < -0.39 is 0 Å². The molecule has 152 valence electrons. The molecule has 5 aliphatic carbocycles. The smallest absolute Gasteiger partial charge is 0.0777 e. The Hall–Kier alpha value is 0.0649. The van der Waals surface area contributed by atoms with Crippen molar-refractivity contribution >= 4 is 7.85 Å². The van der Waals surface area contributed by atoms with Gasteiger partial charge in [-0.25, -0.2) is 0 Å². The summed E-state index contributed by atoms with van der Waals surface area (Å²) in [4.78, 5) is 0. The van der Waals surface area contributed by atoms with Crippen LogP contribution < -0.4 is 0 Å². The molecule has 0 aliphatic heterocycles. The molecule has 5 aliphatic rings. The van der Waals surface area contributed by atoms with Gasteiger partial charge in [0.15, 0.2) is 0 Å². The van der Waals surface area contributed by atoms with Crippen molar-refractivity contribution in [1.82, 2.24) is 0 Å². The molecule has 0 aromatic heterocycles. The summed E-state index contributed by atoms with van der Waals surface area (Å²) in [7, 11) is 2.47. The van der Waals surface area contributed by atoms with Gasteiger partial charge in [0.25, 0.3) is 0 Å². The molecule has 0 aromatic rings. The van der Waals surface area contributed by atoms with Gasteiger partial charge in [0.05, 0.1) is 0 Å². The van der Waals surface area contributed by atoms with Crippen molar-refractivity contribution in [3.8, 4) is 0 Å². The second-order valence-electron chi connectivity index (χ2n) is 12.0. The third-order valence-corrected chi connectivity index (χ3v) is 11.4. The Morgan fingerprint density at radius 1 is 0.815 bits per heavy atom. The molecule has 1 heteroatoms. The Morgan fingerprint density at radius 2 is 1.59 bits per heavy atom. The standard InChI is InChI=1S/C26H45B/c1-5-14(3)7-8-16-11-15(4)19(16)10-9-17-12-20-22(17)26-24(20)23-18(6-2)21(13-27)25(23)26/h14-26H,5-13,27H2,1-4H3. The number of fused-ring (bicyclic) bond motifs is 7. The highest BCUT2D eigenvalue weighted by Gasteiger charge is 2.77. The summed E-state index contributed by atoms with van der Waals surface area (Å²) in [5, 5.41) is 0. The fourth-order valence-electron chi connectivity index (χ4n) is 9.74. The Bertz CT molecular complexity index is 542. The minimum absolute atomic E-state index is 0.952. The molecule has 13 unspecified atom stereocenters. The summed E-state index contributed by atoms with van der Waals surface area (Å²) >= 11 is 0. The van der Waals surface area contributed by atoms with Gasteiger partial charge in [-0.15, -0.1) is 0 Å². The molecule has 0 saturated heterocycles. The summed E-state index contributed by atoms with van der Waals surface area (Å²) in [6.45, 7) is 9.84. The maximum Gasteiger partial charge on any atom is 0.101 e. The van der Waals surface area contributed by atoms with Gasteiger partial charge in [-0.2, -0.15) is 0 Å². The molecule has 13 atom stereocenters. The molecule has 5 fully saturated rings. The molecule has 27 heavy (non-hydrogen) atoms. The molecule has 0 nitrogen and oxygen atoms in total. The zero-order valence-corrected chi connectivity index (χ0v) is 18.9. The van der Waals surface area contributed by atoms with Crippen molar-refractivity contribution < 1.29 is 0 Å². The van der Waals surface area contributed by atoms with Crippen molar-refractivity contribution in [3.63, 3.8) is 0 Å². The monoisotopic (exact) mass is 368 g/mol. The lowest BCUT2D eigenvalue weighted by Gasteiger charge is -2.83. The van der Waals surface area contributed by atoms with Crippen molar-refractivity contribution in [2.24, 2.45) is 76.9 Å². The lowest BCUT2D eigenvalue weighted by Crippen LogP contribution is -2.78. The van der Waals surface area contributed by atoms with Gasteiger partial charge in [-0.3, -0.25) is 0 Å². The molecule has 0 N–H and O–H groups in total. The molecule has 0 spiro atoms. The Morgan fingerprint density at radius 3 is 2.26 bits per heavy atom.